The molecule has 2 aliphatic rings. The number of esters is 1. The average molecular weight is 184 g/mol. The first-order chi connectivity index (χ1) is 6.12. The summed E-state index contributed by atoms with van der Waals surface area (Å²) in [6.45, 7) is 2.13. The van der Waals surface area contributed by atoms with Crippen LogP contribution in [0.15, 0.2) is 0 Å². The number of carbonyl (C=O) groups excluding carboxylic acids is 1. The first kappa shape index (κ1) is 9.00. The van der Waals surface area contributed by atoms with E-state index in [0.29, 0.717) is 0 Å². The van der Waals surface area contributed by atoms with E-state index < -0.39 is 0 Å². The summed E-state index contributed by atoms with van der Waals surface area (Å²) in [4.78, 5) is 11.5. The Labute approximate surface area is 78.4 Å². The SMILES string of the molecule is COC(=O)[C@H]1[C@]2(C)CCC[C@]12OC. The highest BCUT2D eigenvalue weighted by Crippen LogP contribution is 2.73. The molecule has 0 saturated heterocycles. The van der Waals surface area contributed by atoms with Gasteiger partial charge in [0.05, 0.1) is 18.6 Å². The third-order valence-corrected chi connectivity index (χ3v) is 4.03. The predicted octanol–water partition coefficient (Wildman–Crippen LogP) is 1.36. The second kappa shape index (κ2) is 2.47. The van der Waals surface area contributed by atoms with E-state index in [9.17, 15) is 4.79 Å². The van der Waals surface area contributed by atoms with Gasteiger partial charge in [0.15, 0.2) is 0 Å². The van der Waals surface area contributed by atoms with Gasteiger partial charge in [-0.15, -0.1) is 0 Å². The molecule has 0 heterocycles. The van der Waals surface area contributed by atoms with Crippen molar-refractivity contribution in [3.05, 3.63) is 0 Å². The zero-order chi connectivity index (χ0) is 9.69. The fourth-order valence-electron chi connectivity index (χ4n) is 3.25. The van der Waals surface area contributed by atoms with Gasteiger partial charge >= 0.3 is 5.97 Å². The van der Waals surface area contributed by atoms with Crippen LogP contribution in [0.2, 0.25) is 0 Å². The van der Waals surface area contributed by atoms with Gasteiger partial charge in [0.1, 0.15) is 0 Å². The third kappa shape index (κ3) is 0.810. The molecule has 0 radical (unpaired) electrons. The van der Waals surface area contributed by atoms with E-state index in [-0.39, 0.29) is 22.9 Å². The molecule has 0 aromatic carbocycles. The highest BCUT2D eigenvalue weighted by molar-refractivity contribution is 5.80. The normalized spacial score (nSPS) is 47.2. The lowest BCUT2D eigenvalue weighted by Crippen LogP contribution is -2.19. The Morgan fingerprint density at radius 3 is 2.54 bits per heavy atom. The highest BCUT2D eigenvalue weighted by Gasteiger charge is 2.80. The van der Waals surface area contributed by atoms with Gasteiger partial charge in [-0.3, -0.25) is 4.79 Å². The molecule has 0 aromatic rings. The standard InChI is InChI=1S/C10H16O3/c1-9-5-4-6-10(9,13-3)7(9)8(11)12-2/h7H,4-6H2,1-3H3/t7-,9-,10-/m0/s1. The molecule has 2 aliphatic carbocycles. The minimum atomic E-state index is -0.194. The van der Waals surface area contributed by atoms with Crippen molar-refractivity contribution in [2.75, 3.05) is 14.2 Å². The van der Waals surface area contributed by atoms with Crippen molar-refractivity contribution in [1.82, 2.24) is 0 Å². The number of hydrogen-bond donors (Lipinski definition) is 0. The molecule has 0 N–H and O–H groups in total. The van der Waals surface area contributed by atoms with Crippen molar-refractivity contribution >= 4 is 5.97 Å². The average Bonchev–Trinajstić information content (AvgIpc) is 2.47. The fraction of sp³-hybridized carbons (Fsp3) is 0.900. The summed E-state index contributed by atoms with van der Waals surface area (Å²) in [5, 5.41) is 0. The highest BCUT2D eigenvalue weighted by atomic mass is 16.5. The summed E-state index contributed by atoms with van der Waals surface area (Å²) in [5.41, 5.74) is -0.144. The zero-order valence-corrected chi connectivity index (χ0v) is 8.42. The summed E-state index contributed by atoms with van der Waals surface area (Å²) in [6.07, 6.45) is 3.25. The smallest absolute Gasteiger partial charge is 0.312 e. The summed E-state index contributed by atoms with van der Waals surface area (Å²) >= 11 is 0. The van der Waals surface area contributed by atoms with Crippen molar-refractivity contribution in [2.45, 2.75) is 31.8 Å². The van der Waals surface area contributed by atoms with Gasteiger partial charge < -0.3 is 9.47 Å². The molecule has 2 rings (SSSR count). The lowest BCUT2D eigenvalue weighted by molar-refractivity contribution is -0.145. The Kier molecular flexibility index (Phi) is 1.71. The molecule has 0 unspecified atom stereocenters. The molecule has 3 atom stereocenters. The van der Waals surface area contributed by atoms with E-state index in [1.54, 1.807) is 7.11 Å². The van der Waals surface area contributed by atoms with Crippen LogP contribution in [0.1, 0.15) is 26.2 Å². The molecule has 0 spiro atoms. The van der Waals surface area contributed by atoms with Gasteiger partial charge in [-0.2, -0.15) is 0 Å². The van der Waals surface area contributed by atoms with Crippen LogP contribution in [0.5, 0.6) is 0 Å². The summed E-state index contributed by atoms with van der Waals surface area (Å²) in [7, 11) is 3.15. The third-order valence-electron chi connectivity index (χ3n) is 4.03. The van der Waals surface area contributed by atoms with Crippen LogP contribution in [0.25, 0.3) is 0 Å². The zero-order valence-electron chi connectivity index (χ0n) is 8.42. The maximum atomic E-state index is 11.5. The van der Waals surface area contributed by atoms with Crippen LogP contribution in [-0.4, -0.2) is 25.8 Å². The Balaban J connectivity index is 2.22. The van der Waals surface area contributed by atoms with Gasteiger partial charge in [0.25, 0.3) is 0 Å². The monoisotopic (exact) mass is 184 g/mol. The molecule has 13 heavy (non-hydrogen) atoms. The summed E-state index contributed by atoms with van der Waals surface area (Å²) in [6, 6.07) is 0. The van der Waals surface area contributed by atoms with Crippen molar-refractivity contribution in [1.29, 1.82) is 0 Å². The van der Waals surface area contributed by atoms with E-state index in [1.807, 2.05) is 0 Å². The lowest BCUT2D eigenvalue weighted by Gasteiger charge is -2.11. The first-order valence-corrected chi connectivity index (χ1v) is 4.75. The Hall–Kier alpha value is -0.570. The number of hydrogen-bond acceptors (Lipinski definition) is 3. The molecular weight excluding hydrogens is 168 g/mol. The van der Waals surface area contributed by atoms with Crippen molar-refractivity contribution in [3.63, 3.8) is 0 Å². The van der Waals surface area contributed by atoms with Crippen LogP contribution < -0.4 is 0 Å². The Morgan fingerprint density at radius 1 is 1.38 bits per heavy atom. The first-order valence-electron chi connectivity index (χ1n) is 4.75. The number of methoxy groups -OCH3 is 2. The van der Waals surface area contributed by atoms with Crippen LogP contribution in [0.4, 0.5) is 0 Å². The minimum absolute atomic E-state index is 0.0243. The second-order valence-corrected chi connectivity index (χ2v) is 4.32. The molecule has 0 aromatic heterocycles. The van der Waals surface area contributed by atoms with Gasteiger partial charge in [-0.05, 0) is 19.3 Å². The molecular formula is C10H16O3. The van der Waals surface area contributed by atoms with E-state index in [2.05, 4.69) is 6.92 Å². The maximum absolute atomic E-state index is 11.5. The molecule has 0 aliphatic heterocycles. The van der Waals surface area contributed by atoms with Crippen molar-refractivity contribution < 1.29 is 14.3 Å². The van der Waals surface area contributed by atoms with E-state index >= 15 is 0 Å². The Morgan fingerprint density at radius 2 is 2.08 bits per heavy atom. The number of ether oxygens (including phenoxy) is 2. The topological polar surface area (TPSA) is 35.5 Å². The molecule has 0 amide bonds. The van der Waals surface area contributed by atoms with Crippen LogP contribution in [0.3, 0.4) is 0 Å². The van der Waals surface area contributed by atoms with Gasteiger partial charge in [-0.1, -0.05) is 6.92 Å². The van der Waals surface area contributed by atoms with Crippen LogP contribution >= 0.6 is 0 Å². The Bertz CT molecular complexity index is 251. The van der Waals surface area contributed by atoms with Crippen molar-refractivity contribution in [2.24, 2.45) is 11.3 Å². The van der Waals surface area contributed by atoms with Gasteiger partial charge in [0.2, 0.25) is 0 Å². The molecule has 74 valence electrons. The number of fused-ring (bicyclic) bond motifs is 1. The van der Waals surface area contributed by atoms with E-state index in [0.717, 1.165) is 19.3 Å². The fourth-order valence-corrected chi connectivity index (χ4v) is 3.25. The van der Waals surface area contributed by atoms with E-state index in [4.69, 9.17) is 9.47 Å². The number of rotatable bonds is 2. The predicted molar refractivity (Wildman–Crippen MR) is 47.2 cm³/mol. The summed E-state index contributed by atoms with van der Waals surface area (Å²) in [5.74, 6) is -0.132. The largest absolute Gasteiger partial charge is 0.469 e. The second-order valence-electron chi connectivity index (χ2n) is 4.32. The molecule has 3 heteroatoms. The van der Waals surface area contributed by atoms with Crippen molar-refractivity contribution in [3.8, 4) is 0 Å². The molecule has 0 bridgehead atoms. The molecule has 3 nitrogen and oxygen atoms in total. The molecule has 2 fully saturated rings. The van der Waals surface area contributed by atoms with Gasteiger partial charge in [0, 0.05) is 12.5 Å². The van der Waals surface area contributed by atoms with Gasteiger partial charge in [-0.25, -0.2) is 0 Å². The van der Waals surface area contributed by atoms with Crippen LogP contribution in [0, 0.1) is 11.3 Å². The van der Waals surface area contributed by atoms with E-state index in [1.165, 1.54) is 7.11 Å². The minimum Gasteiger partial charge on any atom is -0.469 e. The quantitative estimate of drug-likeness (QED) is 0.608. The van der Waals surface area contributed by atoms with Crippen LogP contribution in [-0.2, 0) is 14.3 Å². The molecule has 2 saturated carbocycles. The lowest BCUT2D eigenvalue weighted by atomic mass is 10.0. The number of carbonyl (C=O) groups is 1. The summed E-state index contributed by atoms with van der Waals surface area (Å²) < 4.78 is 10.3. The maximum Gasteiger partial charge on any atom is 0.312 e.